The van der Waals surface area contributed by atoms with Crippen LogP contribution < -0.4 is 5.32 Å². The Balaban J connectivity index is 1.91. The number of carbonyl (C=O) groups excluding carboxylic acids is 1. The van der Waals surface area contributed by atoms with E-state index in [4.69, 9.17) is 0 Å². The van der Waals surface area contributed by atoms with Gasteiger partial charge in [-0.25, -0.2) is 4.98 Å². The van der Waals surface area contributed by atoms with Crippen molar-refractivity contribution in [2.24, 2.45) is 0 Å². The highest BCUT2D eigenvalue weighted by Gasteiger charge is 2.18. The molecule has 4 nitrogen and oxygen atoms in total. The van der Waals surface area contributed by atoms with Crippen molar-refractivity contribution in [3.05, 3.63) is 18.2 Å². The number of nitrogens with zero attached hydrogens (tertiary/aromatic N) is 1. The second-order valence-electron chi connectivity index (χ2n) is 3.00. The first-order chi connectivity index (χ1) is 6.36. The minimum Gasteiger partial charge on any atom is -0.347 e. The van der Waals surface area contributed by atoms with Crippen LogP contribution in [0, 0.1) is 0 Å². The van der Waals surface area contributed by atoms with Crippen molar-refractivity contribution in [3.8, 4) is 0 Å². The molecule has 1 aliphatic heterocycles. The SMILES string of the molecule is O=C(NC1CCSC1)c1cnc[nH]1. The first kappa shape index (κ1) is 8.62. The van der Waals surface area contributed by atoms with Gasteiger partial charge in [0, 0.05) is 11.8 Å². The Bertz CT molecular complexity index is 280. The van der Waals surface area contributed by atoms with Crippen molar-refractivity contribution in [2.75, 3.05) is 11.5 Å². The highest BCUT2D eigenvalue weighted by atomic mass is 32.2. The van der Waals surface area contributed by atoms with Gasteiger partial charge in [0.1, 0.15) is 5.69 Å². The molecular formula is C8H11N3OS. The molecule has 1 aliphatic rings. The summed E-state index contributed by atoms with van der Waals surface area (Å²) >= 11 is 1.88. The number of amides is 1. The maximum atomic E-state index is 11.5. The summed E-state index contributed by atoms with van der Waals surface area (Å²) in [7, 11) is 0. The van der Waals surface area contributed by atoms with Crippen LogP contribution in [0.15, 0.2) is 12.5 Å². The number of imidazole rings is 1. The normalized spacial score (nSPS) is 21.7. The molecule has 0 saturated carbocycles. The lowest BCUT2D eigenvalue weighted by Gasteiger charge is -2.09. The Morgan fingerprint density at radius 3 is 3.31 bits per heavy atom. The number of thioether (sulfide) groups is 1. The van der Waals surface area contributed by atoms with Gasteiger partial charge in [0.25, 0.3) is 5.91 Å². The van der Waals surface area contributed by atoms with Crippen molar-refractivity contribution in [3.63, 3.8) is 0 Å². The summed E-state index contributed by atoms with van der Waals surface area (Å²) in [5.74, 6) is 2.12. The fourth-order valence-corrected chi connectivity index (χ4v) is 2.44. The van der Waals surface area contributed by atoms with E-state index in [-0.39, 0.29) is 5.91 Å². The molecular weight excluding hydrogens is 186 g/mol. The topological polar surface area (TPSA) is 57.8 Å². The van der Waals surface area contributed by atoms with Crippen LogP contribution in [-0.2, 0) is 0 Å². The predicted molar refractivity (Wildman–Crippen MR) is 51.8 cm³/mol. The van der Waals surface area contributed by atoms with Crippen LogP contribution in [0.1, 0.15) is 16.9 Å². The molecule has 1 unspecified atom stereocenters. The van der Waals surface area contributed by atoms with Gasteiger partial charge in [-0.05, 0) is 12.2 Å². The summed E-state index contributed by atoms with van der Waals surface area (Å²) < 4.78 is 0. The zero-order chi connectivity index (χ0) is 9.10. The minimum atomic E-state index is -0.0509. The molecule has 1 saturated heterocycles. The molecule has 0 aliphatic carbocycles. The average molecular weight is 197 g/mol. The molecule has 2 N–H and O–H groups in total. The maximum absolute atomic E-state index is 11.5. The van der Waals surface area contributed by atoms with E-state index in [9.17, 15) is 4.79 Å². The lowest BCUT2D eigenvalue weighted by molar-refractivity contribution is 0.0936. The number of rotatable bonds is 2. The first-order valence-electron chi connectivity index (χ1n) is 4.23. The molecule has 1 atom stereocenters. The van der Waals surface area contributed by atoms with Gasteiger partial charge >= 0.3 is 0 Å². The monoisotopic (exact) mass is 197 g/mol. The quantitative estimate of drug-likeness (QED) is 0.731. The lowest BCUT2D eigenvalue weighted by atomic mass is 10.2. The Morgan fingerprint density at radius 1 is 1.77 bits per heavy atom. The molecule has 70 valence electrons. The summed E-state index contributed by atoms with van der Waals surface area (Å²) in [5.41, 5.74) is 0.539. The second kappa shape index (κ2) is 3.83. The molecule has 1 amide bonds. The molecule has 13 heavy (non-hydrogen) atoms. The van der Waals surface area contributed by atoms with Gasteiger partial charge in [0.15, 0.2) is 0 Å². The van der Waals surface area contributed by atoms with Gasteiger partial charge in [0.05, 0.1) is 12.5 Å². The zero-order valence-electron chi connectivity index (χ0n) is 7.12. The minimum absolute atomic E-state index is 0.0509. The van der Waals surface area contributed by atoms with E-state index in [0.29, 0.717) is 11.7 Å². The number of aromatic amines is 1. The summed E-state index contributed by atoms with van der Waals surface area (Å²) in [6.45, 7) is 0. The average Bonchev–Trinajstić information content (AvgIpc) is 2.74. The second-order valence-corrected chi connectivity index (χ2v) is 4.15. The molecule has 2 rings (SSSR count). The Kier molecular flexibility index (Phi) is 2.54. The van der Waals surface area contributed by atoms with E-state index in [0.717, 1.165) is 17.9 Å². The number of carbonyl (C=O) groups is 1. The molecule has 2 heterocycles. The highest BCUT2D eigenvalue weighted by Crippen LogP contribution is 2.17. The predicted octanol–water partition coefficient (Wildman–Crippen LogP) is 0.645. The molecule has 0 spiro atoms. The van der Waals surface area contributed by atoms with Crippen LogP contribution >= 0.6 is 11.8 Å². The van der Waals surface area contributed by atoms with Crippen LogP contribution in [0.5, 0.6) is 0 Å². The van der Waals surface area contributed by atoms with E-state index in [1.54, 1.807) is 0 Å². The third-order valence-corrected chi connectivity index (χ3v) is 3.17. The van der Waals surface area contributed by atoms with Crippen molar-refractivity contribution in [2.45, 2.75) is 12.5 Å². The zero-order valence-corrected chi connectivity index (χ0v) is 7.93. The van der Waals surface area contributed by atoms with Crippen LogP contribution in [-0.4, -0.2) is 33.4 Å². The molecule has 1 fully saturated rings. The van der Waals surface area contributed by atoms with Crippen molar-refractivity contribution < 1.29 is 4.79 Å². The van der Waals surface area contributed by atoms with Gasteiger partial charge < -0.3 is 10.3 Å². The largest absolute Gasteiger partial charge is 0.347 e. The molecule has 0 radical (unpaired) electrons. The maximum Gasteiger partial charge on any atom is 0.269 e. The Hall–Kier alpha value is -0.970. The van der Waals surface area contributed by atoms with Gasteiger partial charge in [0.2, 0.25) is 0 Å². The van der Waals surface area contributed by atoms with Crippen molar-refractivity contribution in [1.29, 1.82) is 0 Å². The van der Waals surface area contributed by atoms with Gasteiger partial charge in [-0.1, -0.05) is 0 Å². The first-order valence-corrected chi connectivity index (χ1v) is 5.39. The van der Waals surface area contributed by atoms with Gasteiger partial charge in [-0.15, -0.1) is 0 Å². The summed E-state index contributed by atoms with van der Waals surface area (Å²) in [5, 5.41) is 2.95. The van der Waals surface area contributed by atoms with E-state index < -0.39 is 0 Å². The number of nitrogens with one attached hydrogen (secondary N) is 2. The summed E-state index contributed by atoms with van der Waals surface area (Å²) in [6.07, 6.45) is 4.13. The Labute approximate surface area is 80.5 Å². The van der Waals surface area contributed by atoms with Crippen LogP contribution in [0.4, 0.5) is 0 Å². The van der Waals surface area contributed by atoms with Crippen LogP contribution in [0.25, 0.3) is 0 Å². The number of H-pyrrole nitrogens is 1. The highest BCUT2D eigenvalue weighted by molar-refractivity contribution is 7.99. The van der Waals surface area contributed by atoms with Gasteiger partial charge in [-0.3, -0.25) is 4.79 Å². The number of hydrogen-bond donors (Lipinski definition) is 2. The van der Waals surface area contributed by atoms with Gasteiger partial charge in [-0.2, -0.15) is 11.8 Å². The lowest BCUT2D eigenvalue weighted by Crippen LogP contribution is -2.34. The molecule has 5 heteroatoms. The number of hydrogen-bond acceptors (Lipinski definition) is 3. The molecule has 1 aromatic heterocycles. The third-order valence-electron chi connectivity index (χ3n) is 2.01. The number of aromatic nitrogens is 2. The Morgan fingerprint density at radius 2 is 2.69 bits per heavy atom. The van der Waals surface area contributed by atoms with Crippen LogP contribution in [0.2, 0.25) is 0 Å². The summed E-state index contributed by atoms with van der Waals surface area (Å²) in [6, 6.07) is 0.334. The van der Waals surface area contributed by atoms with Crippen molar-refractivity contribution >= 4 is 17.7 Å². The smallest absolute Gasteiger partial charge is 0.269 e. The van der Waals surface area contributed by atoms with Crippen molar-refractivity contribution in [1.82, 2.24) is 15.3 Å². The molecule has 0 aromatic carbocycles. The summed E-state index contributed by atoms with van der Waals surface area (Å²) in [4.78, 5) is 18.0. The fourth-order valence-electron chi connectivity index (χ4n) is 1.29. The van der Waals surface area contributed by atoms with E-state index in [1.165, 1.54) is 12.5 Å². The molecule has 1 aromatic rings. The van der Waals surface area contributed by atoms with Crippen LogP contribution in [0.3, 0.4) is 0 Å². The molecule has 0 bridgehead atoms. The third kappa shape index (κ3) is 2.03. The standard InChI is InChI=1S/C8H11N3OS/c12-8(7-3-9-5-10-7)11-6-1-2-13-4-6/h3,5-6H,1-2,4H2,(H,9,10)(H,11,12). The van der Waals surface area contributed by atoms with E-state index in [2.05, 4.69) is 15.3 Å². The fraction of sp³-hybridized carbons (Fsp3) is 0.500. The van der Waals surface area contributed by atoms with E-state index in [1.807, 2.05) is 11.8 Å². The van der Waals surface area contributed by atoms with E-state index >= 15 is 0 Å².